The van der Waals surface area contributed by atoms with Gasteiger partial charge in [0.1, 0.15) is 5.75 Å². The second kappa shape index (κ2) is 8.52. The lowest BCUT2D eigenvalue weighted by molar-refractivity contribution is 0.102. The number of ketones is 1. The van der Waals surface area contributed by atoms with Crippen molar-refractivity contribution >= 4 is 27.4 Å². The zero-order chi connectivity index (χ0) is 19.4. The Hall–Kier alpha value is -1.73. The fourth-order valence-corrected chi connectivity index (χ4v) is 5.96. The maximum atomic E-state index is 12.6. The summed E-state index contributed by atoms with van der Waals surface area (Å²) in [7, 11) is -2.96. The number of hydrogen-bond acceptors (Lipinski definition) is 5. The molecule has 1 unspecified atom stereocenters. The molecule has 1 aliphatic heterocycles. The van der Waals surface area contributed by atoms with Crippen LogP contribution < -0.4 is 4.74 Å². The van der Waals surface area contributed by atoms with Crippen molar-refractivity contribution in [3.8, 4) is 5.75 Å². The number of Topliss-reactive ketones (excluding diaryl/α,β-unsaturated/α-hetero) is 1. The minimum atomic E-state index is -2.96. The van der Waals surface area contributed by atoms with Gasteiger partial charge in [-0.2, -0.15) is 11.8 Å². The van der Waals surface area contributed by atoms with Crippen LogP contribution in [0.15, 0.2) is 36.4 Å². The summed E-state index contributed by atoms with van der Waals surface area (Å²) < 4.78 is 31.2. The Morgan fingerprint density at radius 2 is 2.00 bits per heavy atom. The number of carbonyl (C=O) groups excluding carboxylic acids is 1. The van der Waals surface area contributed by atoms with Gasteiger partial charge < -0.3 is 9.30 Å². The molecule has 0 aliphatic carbocycles. The number of thioether (sulfide) groups is 1. The molecule has 5 nitrogen and oxygen atoms in total. The van der Waals surface area contributed by atoms with E-state index in [1.807, 2.05) is 54.8 Å². The number of aryl methyl sites for hydroxylation is 1. The highest BCUT2D eigenvalue weighted by atomic mass is 32.2. The van der Waals surface area contributed by atoms with E-state index < -0.39 is 9.84 Å². The SMILES string of the molecule is Cc1cc(C(=O)CSCCOc2ccccc2)c(C)n1C1CCS(=O)(=O)C1. The second-order valence-electron chi connectivity index (χ2n) is 6.85. The number of para-hydroxylation sites is 1. The molecule has 0 radical (unpaired) electrons. The molecular weight excluding hydrogens is 382 g/mol. The van der Waals surface area contributed by atoms with Crippen LogP contribution in [-0.4, -0.2) is 48.4 Å². The minimum Gasteiger partial charge on any atom is -0.493 e. The standard InChI is InChI=1S/C20H25NO4S2/c1-15-12-19(16(2)21(15)17-8-11-27(23,24)14-17)20(22)13-26-10-9-25-18-6-4-3-5-7-18/h3-7,12,17H,8-11,13-14H2,1-2H3. The molecule has 146 valence electrons. The zero-order valence-electron chi connectivity index (χ0n) is 15.7. The highest BCUT2D eigenvalue weighted by molar-refractivity contribution is 8.00. The molecule has 1 atom stereocenters. The van der Waals surface area contributed by atoms with Gasteiger partial charge >= 0.3 is 0 Å². The molecule has 0 bridgehead atoms. The number of rotatable bonds is 8. The molecule has 1 fully saturated rings. The monoisotopic (exact) mass is 407 g/mol. The third-order valence-electron chi connectivity index (χ3n) is 4.83. The predicted molar refractivity (Wildman–Crippen MR) is 110 cm³/mol. The lowest BCUT2D eigenvalue weighted by Crippen LogP contribution is -2.14. The van der Waals surface area contributed by atoms with Crippen LogP contribution in [0.3, 0.4) is 0 Å². The van der Waals surface area contributed by atoms with Gasteiger partial charge in [-0.05, 0) is 38.5 Å². The van der Waals surface area contributed by atoms with Gasteiger partial charge in [0.25, 0.3) is 0 Å². The average Bonchev–Trinajstić information content (AvgIpc) is 3.13. The number of ether oxygens (including phenoxy) is 1. The van der Waals surface area contributed by atoms with Crippen LogP contribution in [0.5, 0.6) is 5.75 Å². The van der Waals surface area contributed by atoms with Crippen molar-refractivity contribution < 1.29 is 17.9 Å². The van der Waals surface area contributed by atoms with Gasteiger partial charge in [0.15, 0.2) is 15.6 Å². The van der Waals surface area contributed by atoms with Crippen molar-refractivity contribution in [2.24, 2.45) is 0 Å². The molecule has 0 spiro atoms. The van der Waals surface area contributed by atoms with Gasteiger partial charge in [0.05, 0.1) is 23.9 Å². The number of carbonyl (C=O) groups is 1. The number of sulfone groups is 1. The van der Waals surface area contributed by atoms with Crippen molar-refractivity contribution in [3.63, 3.8) is 0 Å². The Kier molecular flexibility index (Phi) is 6.32. The van der Waals surface area contributed by atoms with Crippen molar-refractivity contribution in [2.75, 3.05) is 29.6 Å². The summed E-state index contributed by atoms with van der Waals surface area (Å²) in [4.78, 5) is 12.6. The molecular formula is C20H25NO4S2. The maximum Gasteiger partial charge on any atom is 0.174 e. The van der Waals surface area contributed by atoms with E-state index in [0.717, 1.165) is 22.9 Å². The normalized spacial score (nSPS) is 18.5. The van der Waals surface area contributed by atoms with E-state index >= 15 is 0 Å². The fourth-order valence-electron chi connectivity index (χ4n) is 3.58. The molecule has 1 aliphatic rings. The van der Waals surface area contributed by atoms with E-state index in [0.29, 0.717) is 24.3 Å². The third-order valence-corrected chi connectivity index (χ3v) is 7.50. The summed E-state index contributed by atoms with van der Waals surface area (Å²) in [6.07, 6.45) is 0.623. The molecule has 0 saturated carbocycles. The Bertz CT molecular complexity index is 904. The van der Waals surface area contributed by atoms with Crippen molar-refractivity contribution in [3.05, 3.63) is 53.3 Å². The minimum absolute atomic E-state index is 0.0523. The van der Waals surface area contributed by atoms with Crippen molar-refractivity contribution in [2.45, 2.75) is 26.3 Å². The maximum absolute atomic E-state index is 12.6. The van der Waals surface area contributed by atoms with E-state index in [2.05, 4.69) is 0 Å². The van der Waals surface area contributed by atoms with Crippen molar-refractivity contribution in [1.82, 2.24) is 4.57 Å². The van der Waals surface area contributed by atoms with Crippen LogP contribution in [0.25, 0.3) is 0 Å². The van der Waals surface area contributed by atoms with Gasteiger partial charge in [-0.1, -0.05) is 18.2 Å². The van der Waals surface area contributed by atoms with Crippen LogP contribution in [0.2, 0.25) is 0 Å². The summed E-state index contributed by atoms with van der Waals surface area (Å²) in [5, 5.41) is 0. The summed E-state index contributed by atoms with van der Waals surface area (Å²) in [5.74, 6) is 2.45. The Labute approximate surface area is 165 Å². The third kappa shape index (κ3) is 4.96. The number of nitrogens with zero attached hydrogens (tertiary/aromatic N) is 1. The van der Waals surface area contributed by atoms with E-state index in [1.54, 1.807) is 11.8 Å². The molecule has 0 amide bonds. The number of hydrogen-bond donors (Lipinski definition) is 0. The molecule has 1 aromatic carbocycles. The summed E-state index contributed by atoms with van der Waals surface area (Å²) >= 11 is 1.55. The summed E-state index contributed by atoms with van der Waals surface area (Å²) in [5.41, 5.74) is 2.53. The highest BCUT2D eigenvalue weighted by Crippen LogP contribution is 2.29. The molecule has 0 N–H and O–H groups in total. The molecule has 1 saturated heterocycles. The average molecular weight is 408 g/mol. The first kappa shape index (κ1) is 20.0. The fraction of sp³-hybridized carbons (Fsp3) is 0.450. The summed E-state index contributed by atoms with van der Waals surface area (Å²) in [6, 6.07) is 11.5. The molecule has 2 heterocycles. The van der Waals surface area contributed by atoms with Crippen LogP contribution in [0, 0.1) is 13.8 Å². The molecule has 1 aromatic heterocycles. The quantitative estimate of drug-likeness (QED) is 0.495. The lowest BCUT2D eigenvalue weighted by atomic mass is 10.2. The molecule has 27 heavy (non-hydrogen) atoms. The van der Waals surface area contributed by atoms with Gasteiger partial charge in [-0.3, -0.25) is 4.79 Å². The molecule has 7 heteroatoms. The van der Waals surface area contributed by atoms with Crippen LogP contribution in [0.4, 0.5) is 0 Å². The first-order chi connectivity index (χ1) is 12.9. The Balaban J connectivity index is 1.54. The van der Waals surface area contributed by atoms with Crippen LogP contribution >= 0.6 is 11.8 Å². The second-order valence-corrected chi connectivity index (χ2v) is 10.2. The van der Waals surface area contributed by atoms with Gasteiger partial charge in [0, 0.05) is 28.7 Å². The smallest absolute Gasteiger partial charge is 0.174 e. The van der Waals surface area contributed by atoms with Crippen LogP contribution in [0.1, 0.15) is 34.2 Å². The first-order valence-electron chi connectivity index (χ1n) is 9.05. The zero-order valence-corrected chi connectivity index (χ0v) is 17.3. The highest BCUT2D eigenvalue weighted by Gasteiger charge is 2.31. The van der Waals surface area contributed by atoms with E-state index in [9.17, 15) is 13.2 Å². The predicted octanol–water partition coefficient (Wildman–Crippen LogP) is 3.46. The van der Waals surface area contributed by atoms with Crippen LogP contribution in [-0.2, 0) is 9.84 Å². The molecule has 2 aromatic rings. The van der Waals surface area contributed by atoms with Crippen molar-refractivity contribution in [1.29, 1.82) is 0 Å². The Morgan fingerprint density at radius 3 is 2.67 bits per heavy atom. The number of benzene rings is 1. The topological polar surface area (TPSA) is 65.4 Å². The van der Waals surface area contributed by atoms with E-state index in [4.69, 9.17) is 4.74 Å². The largest absolute Gasteiger partial charge is 0.493 e. The number of aromatic nitrogens is 1. The van der Waals surface area contributed by atoms with Gasteiger partial charge in [0.2, 0.25) is 0 Å². The summed E-state index contributed by atoms with van der Waals surface area (Å²) in [6.45, 7) is 4.41. The van der Waals surface area contributed by atoms with Gasteiger partial charge in [-0.25, -0.2) is 8.42 Å². The molecule has 3 rings (SSSR count). The van der Waals surface area contributed by atoms with E-state index in [-0.39, 0.29) is 23.3 Å². The lowest BCUT2D eigenvalue weighted by Gasteiger charge is -2.16. The Morgan fingerprint density at radius 1 is 1.26 bits per heavy atom. The van der Waals surface area contributed by atoms with Gasteiger partial charge in [-0.15, -0.1) is 0 Å². The first-order valence-corrected chi connectivity index (χ1v) is 12.0. The van der Waals surface area contributed by atoms with E-state index in [1.165, 1.54) is 0 Å².